The van der Waals surface area contributed by atoms with Gasteiger partial charge in [-0.15, -0.1) is 0 Å². The van der Waals surface area contributed by atoms with Gasteiger partial charge in [0, 0.05) is 13.1 Å². The first-order valence-electron chi connectivity index (χ1n) is 12.7. The Morgan fingerprint density at radius 1 is 1.00 bits per heavy atom. The average molecular weight is 534 g/mol. The summed E-state index contributed by atoms with van der Waals surface area (Å²) in [6, 6.07) is 12.0. The molecule has 2 aromatic rings. The molecule has 204 valence electrons. The average Bonchev–Trinajstić information content (AvgIpc) is 2.82. The Hall–Kier alpha value is -2.94. The second kappa shape index (κ2) is 13.0. The van der Waals surface area contributed by atoms with E-state index in [0.717, 1.165) is 29.0 Å². The lowest BCUT2D eigenvalue weighted by molar-refractivity contribution is -0.140. The molecule has 7 nitrogen and oxygen atoms in total. The van der Waals surface area contributed by atoms with Crippen molar-refractivity contribution < 1.29 is 22.4 Å². The summed E-state index contributed by atoms with van der Waals surface area (Å²) >= 11 is 0. The number of halogens is 1. The van der Waals surface area contributed by atoms with Gasteiger partial charge in [-0.25, -0.2) is 12.8 Å². The van der Waals surface area contributed by atoms with Crippen LogP contribution in [0.15, 0.2) is 48.5 Å². The van der Waals surface area contributed by atoms with E-state index in [1.165, 1.54) is 17.0 Å². The summed E-state index contributed by atoms with van der Waals surface area (Å²) in [5.74, 6) is -1.23. The van der Waals surface area contributed by atoms with Crippen molar-refractivity contribution in [2.24, 2.45) is 0 Å². The van der Waals surface area contributed by atoms with E-state index in [1.807, 2.05) is 19.1 Å². The van der Waals surface area contributed by atoms with Crippen LogP contribution in [0.2, 0.25) is 0 Å². The van der Waals surface area contributed by atoms with Crippen LogP contribution in [0, 0.1) is 5.82 Å². The van der Waals surface area contributed by atoms with Crippen molar-refractivity contribution in [3.63, 3.8) is 0 Å². The Morgan fingerprint density at radius 2 is 1.59 bits per heavy atom. The number of anilines is 1. The molecule has 0 bridgehead atoms. The Balaban J connectivity index is 2.40. The number of carbonyl (C=O) groups excluding carboxylic acids is 2. The standard InChI is InChI=1S/C28H40FN3O4S/c1-7-9-18-30-27(34)25(8-2)31(19-21-10-14-23(29)15-11-21)26(33)20-32(37(6,35)36)24-16-12-22(13-17-24)28(3,4)5/h10-17,25H,7-9,18-20H2,1-6H3,(H,30,34)/t25-/m0/s1. The topological polar surface area (TPSA) is 86.8 Å². The van der Waals surface area contributed by atoms with Crippen LogP contribution in [0.25, 0.3) is 0 Å². The molecule has 1 N–H and O–H groups in total. The van der Waals surface area contributed by atoms with Crippen LogP contribution in [0.3, 0.4) is 0 Å². The number of benzene rings is 2. The van der Waals surface area contributed by atoms with Gasteiger partial charge in [0.25, 0.3) is 0 Å². The third kappa shape index (κ3) is 8.84. The zero-order valence-electron chi connectivity index (χ0n) is 22.8. The zero-order chi connectivity index (χ0) is 27.8. The molecule has 2 amide bonds. The molecule has 0 radical (unpaired) electrons. The molecular formula is C28H40FN3O4S. The first kappa shape index (κ1) is 30.3. The van der Waals surface area contributed by atoms with Crippen molar-refractivity contribution in [2.75, 3.05) is 23.7 Å². The summed E-state index contributed by atoms with van der Waals surface area (Å²) < 4.78 is 40.0. The molecule has 9 heteroatoms. The molecule has 0 heterocycles. The van der Waals surface area contributed by atoms with Crippen molar-refractivity contribution in [1.29, 1.82) is 0 Å². The highest BCUT2D eigenvalue weighted by Crippen LogP contribution is 2.26. The summed E-state index contributed by atoms with van der Waals surface area (Å²) in [7, 11) is -3.81. The molecule has 2 aromatic carbocycles. The van der Waals surface area contributed by atoms with Crippen molar-refractivity contribution in [3.8, 4) is 0 Å². The highest BCUT2D eigenvalue weighted by atomic mass is 32.2. The van der Waals surface area contributed by atoms with Crippen molar-refractivity contribution >= 4 is 27.5 Å². The van der Waals surface area contributed by atoms with Gasteiger partial charge in [-0.05, 0) is 53.6 Å². The predicted molar refractivity (Wildman–Crippen MR) is 146 cm³/mol. The smallest absolute Gasteiger partial charge is 0.244 e. The normalized spacial score (nSPS) is 12.6. The molecule has 0 aliphatic carbocycles. The van der Waals surface area contributed by atoms with Crippen LogP contribution in [-0.2, 0) is 31.6 Å². The Kier molecular flexibility index (Phi) is 10.7. The molecule has 0 aromatic heterocycles. The van der Waals surface area contributed by atoms with Gasteiger partial charge in [0.05, 0.1) is 11.9 Å². The lowest BCUT2D eigenvalue weighted by Gasteiger charge is -2.33. The minimum absolute atomic E-state index is 0.0411. The fraction of sp³-hybridized carbons (Fsp3) is 0.500. The lowest BCUT2D eigenvalue weighted by atomic mass is 9.87. The molecule has 0 fully saturated rings. The molecule has 0 spiro atoms. The Bertz CT molecular complexity index is 1140. The Morgan fingerprint density at radius 3 is 2.08 bits per heavy atom. The zero-order valence-corrected chi connectivity index (χ0v) is 23.6. The number of unbranched alkanes of at least 4 members (excludes halogenated alkanes) is 1. The number of nitrogens with zero attached hydrogens (tertiary/aromatic N) is 2. The number of rotatable bonds is 12. The van der Waals surface area contributed by atoms with Crippen LogP contribution in [0.1, 0.15) is 65.0 Å². The molecule has 0 unspecified atom stereocenters. The molecule has 0 saturated carbocycles. The number of nitrogens with one attached hydrogen (secondary N) is 1. The monoisotopic (exact) mass is 533 g/mol. The van der Waals surface area contributed by atoms with Gasteiger partial charge in [-0.1, -0.05) is 65.3 Å². The number of hydrogen-bond acceptors (Lipinski definition) is 4. The van der Waals surface area contributed by atoms with Gasteiger partial charge in [-0.2, -0.15) is 0 Å². The number of sulfonamides is 1. The van der Waals surface area contributed by atoms with E-state index in [4.69, 9.17) is 0 Å². The molecule has 0 saturated heterocycles. The van der Waals surface area contributed by atoms with Gasteiger partial charge < -0.3 is 10.2 Å². The highest BCUT2D eigenvalue weighted by Gasteiger charge is 2.31. The maximum absolute atomic E-state index is 13.7. The van der Waals surface area contributed by atoms with E-state index in [0.29, 0.717) is 24.2 Å². The minimum Gasteiger partial charge on any atom is -0.354 e. The predicted octanol–water partition coefficient (Wildman–Crippen LogP) is 4.61. The summed E-state index contributed by atoms with van der Waals surface area (Å²) in [4.78, 5) is 28.1. The maximum Gasteiger partial charge on any atom is 0.244 e. The van der Waals surface area contributed by atoms with Gasteiger partial charge in [-0.3, -0.25) is 13.9 Å². The SMILES string of the molecule is CCCCNC(=O)[C@H](CC)N(Cc1ccc(F)cc1)C(=O)CN(c1ccc(C(C)(C)C)cc1)S(C)(=O)=O. The van der Waals surface area contributed by atoms with Crippen molar-refractivity contribution in [3.05, 3.63) is 65.5 Å². The quantitative estimate of drug-likeness (QED) is 0.404. The second-order valence-electron chi connectivity index (χ2n) is 10.3. The molecular weight excluding hydrogens is 493 g/mol. The maximum atomic E-state index is 13.7. The number of hydrogen-bond donors (Lipinski definition) is 1. The first-order chi connectivity index (χ1) is 17.3. The molecule has 1 atom stereocenters. The largest absolute Gasteiger partial charge is 0.354 e. The summed E-state index contributed by atoms with van der Waals surface area (Å²) in [6.45, 7) is 10.1. The molecule has 2 rings (SSSR count). The van der Waals surface area contributed by atoms with Crippen LogP contribution in [0.5, 0.6) is 0 Å². The van der Waals surface area contributed by atoms with Crippen molar-refractivity contribution in [2.45, 2.75) is 71.9 Å². The van der Waals surface area contributed by atoms with E-state index in [9.17, 15) is 22.4 Å². The lowest BCUT2D eigenvalue weighted by Crippen LogP contribution is -2.52. The van der Waals surface area contributed by atoms with Gasteiger partial charge >= 0.3 is 0 Å². The molecule has 0 aliphatic heterocycles. The second-order valence-corrected chi connectivity index (χ2v) is 12.2. The van der Waals surface area contributed by atoms with E-state index >= 15 is 0 Å². The minimum atomic E-state index is -3.81. The highest BCUT2D eigenvalue weighted by molar-refractivity contribution is 7.92. The van der Waals surface area contributed by atoms with Crippen LogP contribution in [-0.4, -0.2) is 50.5 Å². The first-order valence-corrected chi connectivity index (χ1v) is 14.5. The van der Waals surface area contributed by atoms with Gasteiger partial charge in [0.2, 0.25) is 21.8 Å². The fourth-order valence-corrected chi connectivity index (χ4v) is 4.80. The van der Waals surface area contributed by atoms with E-state index in [2.05, 4.69) is 26.1 Å². The summed E-state index contributed by atoms with van der Waals surface area (Å²) in [5, 5.41) is 2.88. The summed E-state index contributed by atoms with van der Waals surface area (Å²) in [5.41, 5.74) is 1.92. The third-order valence-corrected chi connectivity index (χ3v) is 7.32. The van der Waals surface area contributed by atoms with Crippen LogP contribution in [0.4, 0.5) is 10.1 Å². The molecule has 0 aliphatic rings. The van der Waals surface area contributed by atoms with Crippen LogP contribution >= 0.6 is 0 Å². The van der Waals surface area contributed by atoms with E-state index in [1.54, 1.807) is 31.2 Å². The van der Waals surface area contributed by atoms with Gasteiger partial charge in [0.1, 0.15) is 18.4 Å². The fourth-order valence-electron chi connectivity index (χ4n) is 3.95. The summed E-state index contributed by atoms with van der Waals surface area (Å²) in [6.07, 6.45) is 3.11. The number of carbonyl (C=O) groups is 2. The third-order valence-electron chi connectivity index (χ3n) is 6.18. The van der Waals surface area contributed by atoms with Crippen molar-refractivity contribution in [1.82, 2.24) is 10.2 Å². The van der Waals surface area contributed by atoms with Gasteiger partial charge in [0.15, 0.2) is 0 Å². The number of amides is 2. The Labute approximate surface area is 221 Å². The van der Waals surface area contributed by atoms with Crippen LogP contribution < -0.4 is 9.62 Å². The molecule has 37 heavy (non-hydrogen) atoms. The van der Waals surface area contributed by atoms with E-state index in [-0.39, 0.29) is 17.9 Å². The van der Waals surface area contributed by atoms with E-state index < -0.39 is 34.3 Å².